The Labute approximate surface area is 145 Å². The molecule has 0 aliphatic rings. The summed E-state index contributed by atoms with van der Waals surface area (Å²) >= 11 is 1.29. The van der Waals surface area contributed by atoms with Gasteiger partial charge in [0.05, 0.1) is 18.4 Å². The molecule has 0 radical (unpaired) electrons. The van der Waals surface area contributed by atoms with Crippen molar-refractivity contribution in [3.63, 3.8) is 0 Å². The minimum absolute atomic E-state index is 0.162. The van der Waals surface area contributed by atoms with Gasteiger partial charge in [-0.2, -0.15) is 0 Å². The molecule has 1 aromatic heterocycles. The average molecular weight is 345 g/mol. The van der Waals surface area contributed by atoms with Crippen LogP contribution in [-0.4, -0.2) is 34.7 Å². The first-order valence-corrected chi connectivity index (χ1v) is 8.32. The number of hydrogen-bond acceptors (Lipinski definition) is 6. The maximum absolute atomic E-state index is 12.0. The number of aryl methyl sites for hydroxylation is 2. The fraction of sp³-hybridized carbons (Fsp3) is 0.294. The lowest BCUT2D eigenvalue weighted by Crippen LogP contribution is -2.14. The highest BCUT2D eigenvalue weighted by Gasteiger charge is 2.09. The zero-order valence-corrected chi connectivity index (χ0v) is 14.9. The highest BCUT2D eigenvalue weighted by atomic mass is 32.2. The van der Waals surface area contributed by atoms with Crippen molar-refractivity contribution in [3.05, 3.63) is 46.8 Å². The van der Waals surface area contributed by atoms with E-state index in [9.17, 15) is 9.59 Å². The second kappa shape index (κ2) is 7.92. The number of benzene rings is 1. The number of nitrogens with zero attached hydrogens (tertiary/aromatic N) is 2. The summed E-state index contributed by atoms with van der Waals surface area (Å²) in [5.74, 6) is -0.364. The molecule has 6 nitrogen and oxygen atoms in total. The van der Waals surface area contributed by atoms with Crippen molar-refractivity contribution in [1.29, 1.82) is 0 Å². The lowest BCUT2D eigenvalue weighted by atomic mass is 10.2. The molecule has 0 spiro atoms. The zero-order chi connectivity index (χ0) is 17.7. The standard InChI is InChI=1S/C17H19N3O3S/c1-10-11(2)18-17(19-12(10)3)24-9-15(21)20-14-7-5-13(6-8-14)16(22)23-4/h5-8H,9H2,1-4H3,(H,20,21). The van der Waals surface area contributed by atoms with Crippen LogP contribution in [0, 0.1) is 20.8 Å². The summed E-state index contributed by atoms with van der Waals surface area (Å²) in [4.78, 5) is 32.1. The van der Waals surface area contributed by atoms with Crippen molar-refractivity contribution in [2.75, 3.05) is 18.2 Å². The Morgan fingerprint density at radius 2 is 1.67 bits per heavy atom. The van der Waals surface area contributed by atoms with Gasteiger partial charge < -0.3 is 10.1 Å². The highest BCUT2D eigenvalue weighted by Crippen LogP contribution is 2.18. The van der Waals surface area contributed by atoms with Crippen LogP contribution in [0.4, 0.5) is 5.69 Å². The van der Waals surface area contributed by atoms with Crippen molar-refractivity contribution in [3.8, 4) is 0 Å². The molecule has 1 aromatic carbocycles. The lowest BCUT2D eigenvalue weighted by molar-refractivity contribution is -0.113. The smallest absolute Gasteiger partial charge is 0.337 e. The monoisotopic (exact) mass is 345 g/mol. The third-order valence-electron chi connectivity index (χ3n) is 3.53. The summed E-state index contributed by atoms with van der Waals surface area (Å²) in [6, 6.07) is 6.52. The van der Waals surface area contributed by atoms with Gasteiger partial charge >= 0.3 is 5.97 Å². The molecule has 2 aromatic rings. The summed E-state index contributed by atoms with van der Waals surface area (Å²) in [7, 11) is 1.33. The molecule has 1 amide bonds. The summed E-state index contributed by atoms with van der Waals surface area (Å²) in [6.45, 7) is 5.83. The molecule has 0 fully saturated rings. The van der Waals surface area contributed by atoms with E-state index in [4.69, 9.17) is 0 Å². The van der Waals surface area contributed by atoms with Crippen molar-refractivity contribution in [2.45, 2.75) is 25.9 Å². The van der Waals surface area contributed by atoms with E-state index in [1.165, 1.54) is 18.9 Å². The second-order valence-electron chi connectivity index (χ2n) is 5.21. The van der Waals surface area contributed by atoms with Crippen molar-refractivity contribution in [2.24, 2.45) is 0 Å². The Morgan fingerprint density at radius 1 is 1.08 bits per heavy atom. The number of aromatic nitrogens is 2. The van der Waals surface area contributed by atoms with Gasteiger partial charge in [0.15, 0.2) is 5.16 Å². The molecule has 0 saturated carbocycles. The number of rotatable bonds is 5. The molecule has 1 N–H and O–H groups in total. The number of amides is 1. The van der Waals surface area contributed by atoms with E-state index in [-0.39, 0.29) is 11.7 Å². The molecule has 0 aliphatic carbocycles. The number of ether oxygens (including phenoxy) is 1. The first-order chi connectivity index (χ1) is 11.4. The average Bonchev–Trinajstić information content (AvgIpc) is 2.57. The Balaban J connectivity index is 1.93. The van der Waals surface area contributed by atoms with Crippen LogP contribution in [-0.2, 0) is 9.53 Å². The van der Waals surface area contributed by atoms with E-state index in [1.54, 1.807) is 24.3 Å². The lowest BCUT2D eigenvalue weighted by Gasteiger charge is -2.08. The van der Waals surface area contributed by atoms with Crippen LogP contribution < -0.4 is 5.32 Å². The van der Waals surface area contributed by atoms with E-state index in [2.05, 4.69) is 20.0 Å². The minimum atomic E-state index is -0.411. The van der Waals surface area contributed by atoms with Crippen LogP contribution in [0.15, 0.2) is 29.4 Å². The highest BCUT2D eigenvalue weighted by molar-refractivity contribution is 7.99. The maximum Gasteiger partial charge on any atom is 0.337 e. The number of hydrogen-bond donors (Lipinski definition) is 1. The number of carbonyl (C=O) groups is 2. The number of esters is 1. The molecule has 126 valence electrons. The molecule has 0 aliphatic heterocycles. The fourth-order valence-electron chi connectivity index (χ4n) is 1.94. The first-order valence-electron chi connectivity index (χ1n) is 7.33. The molecule has 0 saturated heterocycles. The Bertz CT molecular complexity index is 737. The molecule has 7 heteroatoms. The third-order valence-corrected chi connectivity index (χ3v) is 4.38. The molecule has 0 unspecified atom stereocenters. The topological polar surface area (TPSA) is 81.2 Å². The van der Waals surface area contributed by atoms with Gasteiger partial charge in [0.1, 0.15) is 0 Å². The number of methoxy groups -OCH3 is 1. The van der Waals surface area contributed by atoms with Crippen LogP contribution in [0.1, 0.15) is 27.3 Å². The summed E-state index contributed by atoms with van der Waals surface area (Å²) < 4.78 is 4.63. The molecular weight excluding hydrogens is 326 g/mol. The van der Waals surface area contributed by atoms with Gasteiger partial charge in [-0.25, -0.2) is 14.8 Å². The van der Waals surface area contributed by atoms with E-state index < -0.39 is 5.97 Å². The van der Waals surface area contributed by atoms with Crippen LogP contribution in [0.2, 0.25) is 0 Å². The molecule has 0 atom stereocenters. The summed E-state index contributed by atoms with van der Waals surface area (Å²) in [6.07, 6.45) is 0. The van der Waals surface area contributed by atoms with Gasteiger partial charge in [0, 0.05) is 17.1 Å². The second-order valence-corrected chi connectivity index (χ2v) is 6.15. The fourth-order valence-corrected chi connectivity index (χ4v) is 2.68. The number of anilines is 1. The van der Waals surface area contributed by atoms with Crippen molar-refractivity contribution in [1.82, 2.24) is 9.97 Å². The van der Waals surface area contributed by atoms with Crippen LogP contribution >= 0.6 is 11.8 Å². The van der Waals surface area contributed by atoms with Crippen LogP contribution in [0.25, 0.3) is 0 Å². The number of nitrogens with one attached hydrogen (secondary N) is 1. The van der Waals surface area contributed by atoms with Gasteiger partial charge in [-0.15, -0.1) is 0 Å². The van der Waals surface area contributed by atoms with Crippen LogP contribution in [0.3, 0.4) is 0 Å². The summed E-state index contributed by atoms with van der Waals surface area (Å²) in [5, 5.41) is 3.36. The molecule has 0 bridgehead atoms. The maximum atomic E-state index is 12.0. The van der Waals surface area contributed by atoms with Gasteiger partial charge in [-0.3, -0.25) is 4.79 Å². The SMILES string of the molecule is COC(=O)c1ccc(NC(=O)CSc2nc(C)c(C)c(C)n2)cc1. The first kappa shape index (κ1) is 17.9. The minimum Gasteiger partial charge on any atom is -0.465 e. The van der Waals surface area contributed by atoms with Gasteiger partial charge in [0.2, 0.25) is 5.91 Å². The quantitative estimate of drug-likeness (QED) is 0.510. The molecule has 2 rings (SSSR count). The van der Waals surface area contributed by atoms with Crippen molar-refractivity contribution < 1.29 is 14.3 Å². The van der Waals surface area contributed by atoms with E-state index >= 15 is 0 Å². The van der Waals surface area contributed by atoms with Crippen molar-refractivity contribution >= 4 is 29.3 Å². The van der Waals surface area contributed by atoms with Gasteiger partial charge in [-0.05, 0) is 50.6 Å². The van der Waals surface area contributed by atoms with E-state index in [0.29, 0.717) is 16.4 Å². The predicted octanol–water partition coefficient (Wildman–Crippen LogP) is 2.92. The largest absolute Gasteiger partial charge is 0.465 e. The van der Waals surface area contributed by atoms with Gasteiger partial charge in [0.25, 0.3) is 0 Å². The van der Waals surface area contributed by atoms with Crippen LogP contribution in [0.5, 0.6) is 0 Å². The Hall–Kier alpha value is -2.41. The third kappa shape index (κ3) is 4.55. The molecule has 24 heavy (non-hydrogen) atoms. The normalized spacial score (nSPS) is 10.3. The zero-order valence-electron chi connectivity index (χ0n) is 14.0. The number of thioether (sulfide) groups is 1. The molecular formula is C17H19N3O3S. The Morgan fingerprint density at radius 3 is 2.21 bits per heavy atom. The Kier molecular flexibility index (Phi) is 5.92. The predicted molar refractivity (Wildman–Crippen MR) is 93.4 cm³/mol. The van der Waals surface area contributed by atoms with E-state index in [1.807, 2.05) is 20.8 Å². The summed E-state index contributed by atoms with van der Waals surface area (Å²) in [5.41, 5.74) is 3.96. The van der Waals surface area contributed by atoms with E-state index in [0.717, 1.165) is 17.0 Å². The van der Waals surface area contributed by atoms with Gasteiger partial charge in [-0.1, -0.05) is 11.8 Å². The molecule has 1 heterocycles. The number of carbonyl (C=O) groups excluding carboxylic acids is 2.